The van der Waals surface area contributed by atoms with E-state index < -0.39 is 0 Å². The average molecular weight is 386 g/mol. The van der Waals surface area contributed by atoms with E-state index in [1.807, 2.05) is 12.1 Å². The predicted molar refractivity (Wildman–Crippen MR) is 109 cm³/mol. The molecule has 0 radical (unpaired) electrons. The van der Waals surface area contributed by atoms with Crippen molar-refractivity contribution < 1.29 is 9.53 Å². The second kappa shape index (κ2) is 8.42. The molecule has 144 valence electrons. The van der Waals surface area contributed by atoms with E-state index in [2.05, 4.69) is 33.7 Å². The average Bonchev–Trinajstić information content (AvgIpc) is 3.37. The summed E-state index contributed by atoms with van der Waals surface area (Å²) in [6.45, 7) is 4.94. The third-order valence-electron chi connectivity index (χ3n) is 5.43. The van der Waals surface area contributed by atoms with Gasteiger partial charge in [0.15, 0.2) is 0 Å². The van der Waals surface area contributed by atoms with Crippen LogP contribution >= 0.6 is 11.3 Å². The summed E-state index contributed by atoms with van der Waals surface area (Å²) in [5, 5.41) is 6.67. The number of nitrogens with zero attached hydrogens (tertiary/aromatic N) is 1. The van der Waals surface area contributed by atoms with E-state index in [9.17, 15) is 4.79 Å². The molecule has 2 N–H and O–H groups in total. The van der Waals surface area contributed by atoms with Crippen molar-refractivity contribution in [3.8, 4) is 5.75 Å². The van der Waals surface area contributed by atoms with Gasteiger partial charge < -0.3 is 20.3 Å². The van der Waals surface area contributed by atoms with Crippen LogP contribution in [-0.4, -0.2) is 44.1 Å². The van der Waals surface area contributed by atoms with Gasteiger partial charge in [-0.1, -0.05) is 12.1 Å². The molecule has 1 amide bonds. The number of likely N-dealkylation sites (tertiary alicyclic amines) is 1. The largest absolute Gasteiger partial charge is 0.497 e. The zero-order valence-corrected chi connectivity index (χ0v) is 16.6. The molecule has 2 aromatic rings. The zero-order valence-electron chi connectivity index (χ0n) is 15.8. The molecule has 27 heavy (non-hydrogen) atoms. The lowest BCUT2D eigenvalue weighted by Crippen LogP contribution is -2.36. The minimum Gasteiger partial charge on any atom is -0.497 e. The zero-order chi connectivity index (χ0) is 18.6. The van der Waals surface area contributed by atoms with Crippen LogP contribution in [-0.2, 0) is 13.0 Å². The standard InChI is InChI=1S/C21H27N3O2S/c1-26-17-6-4-15(5-7-17)18(14-24-10-2-3-11-24)23-21(25)20-12-16-13-22-9-8-19(16)27-20/h4-7,12,18,22H,2-3,8-11,13-14H2,1H3,(H,23,25). The fourth-order valence-electron chi connectivity index (χ4n) is 3.89. The second-order valence-electron chi connectivity index (χ2n) is 7.29. The normalized spacial score (nSPS) is 18.1. The first-order valence-corrected chi connectivity index (χ1v) is 10.5. The van der Waals surface area contributed by atoms with E-state index >= 15 is 0 Å². The smallest absolute Gasteiger partial charge is 0.261 e. The van der Waals surface area contributed by atoms with Crippen molar-refractivity contribution in [3.63, 3.8) is 0 Å². The maximum atomic E-state index is 13.0. The predicted octanol–water partition coefficient (Wildman–Crippen LogP) is 2.97. The second-order valence-corrected chi connectivity index (χ2v) is 8.43. The Morgan fingerprint density at radius 2 is 2.07 bits per heavy atom. The van der Waals surface area contributed by atoms with E-state index in [0.29, 0.717) is 0 Å². The lowest BCUT2D eigenvalue weighted by atomic mass is 10.1. The molecule has 0 bridgehead atoms. The summed E-state index contributed by atoms with van der Waals surface area (Å²) in [6.07, 6.45) is 3.50. The van der Waals surface area contributed by atoms with E-state index in [-0.39, 0.29) is 11.9 Å². The first-order valence-electron chi connectivity index (χ1n) is 9.72. The molecule has 1 unspecified atom stereocenters. The number of methoxy groups -OCH3 is 1. The fraction of sp³-hybridized carbons (Fsp3) is 0.476. The number of nitrogens with one attached hydrogen (secondary N) is 2. The minimum atomic E-state index is -0.0150. The Bertz CT molecular complexity index is 758. The highest BCUT2D eigenvalue weighted by Gasteiger charge is 2.23. The summed E-state index contributed by atoms with van der Waals surface area (Å²) >= 11 is 1.64. The van der Waals surface area contributed by atoms with Crippen molar-refractivity contribution in [1.29, 1.82) is 0 Å². The lowest BCUT2D eigenvalue weighted by Gasteiger charge is -2.25. The molecule has 2 aliphatic heterocycles. The minimum absolute atomic E-state index is 0.0150. The molecule has 3 heterocycles. The lowest BCUT2D eigenvalue weighted by molar-refractivity contribution is 0.0931. The molecule has 0 spiro atoms. The van der Waals surface area contributed by atoms with Gasteiger partial charge in [0.25, 0.3) is 5.91 Å². The van der Waals surface area contributed by atoms with Gasteiger partial charge >= 0.3 is 0 Å². The van der Waals surface area contributed by atoms with Crippen molar-refractivity contribution in [2.45, 2.75) is 31.8 Å². The Hall–Kier alpha value is -1.89. The third-order valence-corrected chi connectivity index (χ3v) is 6.66. The van der Waals surface area contributed by atoms with Crippen LogP contribution in [0.4, 0.5) is 0 Å². The van der Waals surface area contributed by atoms with Crippen LogP contribution in [0.25, 0.3) is 0 Å². The molecule has 0 saturated carbocycles. The van der Waals surface area contributed by atoms with Gasteiger partial charge in [-0.3, -0.25) is 4.79 Å². The molecule has 2 aliphatic rings. The molecule has 1 aromatic carbocycles. The summed E-state index contributed by atoms with van der Waals surface area (Å²) in [6, 6.07) is 10.1. The number of amides is 1. The van der Waals surface area contributed by atoms with Crippen LogP contribution in [0.5, 0.6) is 5.75 Å². The number of benzene rings is 1. The van der Waals surface area contributed by atoms with Crippen LogP contribution in [0.3, 0.4) is 0 Å². The highest BCUT2D eigenvalue weighted by atomic mass is 32.1. The fourth-order valence-corrected chi connectivity index (χ4v) is 4.97. The van der Waals surface area contributed by atoms with Crippen molar-refractivity contribution in [2.24, 2.45) is 0 Å². The number of carbonyl (C=O) groups is 1. The maximum absolute atomic E-state index is 13.0. The van der Waals surface area contributed by atoms with Gasteiger partial charge in [-0.15, -0.1) is 11.3 Å². The third kappa shape index (κ3) is 4.34. The molecule has 0 aliphatic carbocycles. The number of hydrogen-bond donors (Lipinski definition) is 2. The molecule has 1 saturated heterocycles. The number of fused-ring (bicyclic) bond motifs is 1. The topological polar surface area (TPSA) is 53.6 Å². The van der Waals surface area contributed by atoms with Crippen LogP contribution in [0.15, 0.2) is 30.3 Å². The molecular weight excluding hydrogens is 358 g/mol. The Morgan fingerprint density at radius 1 is 1.30 bits per heavy atom. The van der Waals surface area contributed by atoms with E-state index in [1.165, 1.54) is 23.3 Å². The van der Waals surface area contributed by atoms with E-state index in [1.54, 1.807) is 18.4 Å². The van der Waals surface area contributed by atoms with Crippen LogP contribution in [0.2, 0.25) is 0 Å². The molecule has 1 aromatic heterocycles. The number of rotatable bonds is 6. The highest BCUT2D eigenvalue weighted by molar-refractivity contribution is 7.14. The molecule has 5 nitrogen and oxygen atoms in total. The number of carbonyl (C=O) groups excluding carboxylic acids is 1. The Balaban J connectivity index is 1.51. The molecular formula is C21H27N3O2S. The first-order chi connectivity index (χ1) is 13.2. The summed E-state index contributed by atoms with van der Waals surface area (Å²) in [5.41, 5.74) is 2.40. The van der Waals surface area contributed by atoms with Crippen LogP contribution in [0, 0.1) is 0 Å². The molecule has 1 fully saturated rings. The van der Waals surface area contributed by atoms with Crippen LogP contribution in [0.1, 0.15) is 44.6 Å². The van der Waals surface area contributed by atoms with Crippen molar-refractivity contribution in [2.75, 3.05) is 33.3 Å². The summed E-state index contributed by atoms with van der Waals surface area (Å²) in [5.74, 6) is 0.873. The number of ether oxygens (including phenoxy) is 1. The SMILES string of the molecule is COc1ccc(C(CN2CCCC2)NC(=O)c2cc3c(s2)CCNC3)cc1. The van der Waals surface area contributed by atoms with Crippen LogP contribution < -0.4 is 15.4 Å². The Kier molecular flexibility index (Phi) is 5.76. The van der Waals surface area contributed by atoms with Gasteiger partial charge in [0, 0.05) is 24.5 Å². The van der Waals surface area contributed by atoms with Crippen molar-refractivity contribution >= 4 is 17.2 Å². The quantitative estimate of drug-likeness (QED) is 0.803. The van der Waals surface area contributed by atoms with Gasteiger partial charge in [-0.05, 0) is 61.7 Å². The number of hydrogen-bond acceptors (Lipinski definition) is 5. The summed E-state index contributed by atoms with van der Waals surface area (Å²) < 4.78 is 5.28. The highest BCUT2D eigenvalue weighted by Crippen LogP contribution is 2.27. The van der Waals surface area contributed by atoms with E-state index in [4.69, 9.17) is 4.74 Å². The number of thiophene rings is 1. The van der Waals surface area contributed by atoms with Crippen molar-refractivity contribution in [3.05, 3.63) is 51.2 Å². The maximum Gasteiger partial charge on any atom is 0.261 e. The monoisotopic (exact) mass is 385 g/mol. The molecule has 4 rings (SSSR count). The summed E-state index contributed by atoms with van der Waals surface area (Å²) in [4.78, 5) is 17.6. The van der Waals surface area contributed by atoms with Crippen molar-refractivity contribution in [1.82, 2.24) is 15.5 Å². The van der Waals surface area contributed by atoms with Gasteiger partial charge in [-0.25, -0.2) is 0 Å². The van der Waals surface area contributed by atoms with Gasteiger partial charge in [0.05, 0.1) is 18.0 Å². The first kappa shape index (κ1) is 18.5. The van der Waals surface area contributed by atoms with Gasteiger partial charge in [0.1, 0.15) is 5.75 Å². The van der Waals surface area contributed by atoms with Gasteiger partial charge in [0.2, 0.25) is 0 Å². The van der Waals surface area contributed by atoms with Gasteiger partial charge in [-0.2, -0.15) is 0 Å². The van der Waals surface area contributed by atoms with E-state index in [0.717, 1.165) is 55.3 Å². The molecule has 6 heteroatoms. The molecule has 1 atom stereocenters. The Morgan fingerprint density at radius 3 is 2.78 bits per heavy atom. The Labute approximate surface area is 164 Å². The summed E-state index contributed by atoms with van der Waals surface area (Å²) in [7, 11) is 1.67.